The average Bonchev–Trinajstić information content (AvgIpc) is 3.74. The van der Waals surface area contributed by atoms with Crippen molar-refractivity contribution in [3.63, 3.8) is 0 Å². The van der Waals surface area contributed by atoms with Gasteiger partial charge in [0, 0.05) is 42.3 Å². The molecule has 2 aliphatic rings. The van der Waals surface area contributed by atoms with Crippen molar-refractivity contribution in [2.24, 2.45) is 22.7 Å². The van der Waals surface area contributed by atoms with Crippen LogP contribution < -0.4 is 14.8 Å². The fraction of sp³-hybridized carbons (Fsp3) is 0.386. The summed E-state index contributed by atoms with van der Waals surface area (Å²) in [5.74, 6) is -2.30. The number of nitrogens with one attached hydrogen (secondary N) is 1. The van der Waals surface area contributed by atoms with Crippen molar-refractivity contribution in [3.8, 4) is 22.8 Å². The zero-order valence-corrected chi connectivity index (χ0v) is 31.7. The molecule has 11 heteroatoms. The molecule has 2 amide bonds. The number of nitrogens with zero attached hydrogens (tertiary/aromatic N) is 2. The molecule has 3 N–H and O–H groups in total. The summed E-state index contributed by atoms with van der Waals surface area (Å²) in [6.07, 6.45) is 0.894. The number of aliphatic hydroxyl groups excluding tert-OH is 1. The molecule has 1 aromatic heterocycles. The fourth-order valence-corrected chi connectivity index (χ4v) is 7.67. The molecule has 0 unspecified atom stereocenters. The maximum Gasteiger partial charge on any atom is 0.310 e. The van der Waals surface area contributed by atoms with Crippen LogP contribution in [0.15, 0.2) is 97.6 Å². The number of carboxylic acids is 1. The van der Waals surface area contributed by atoms with Crippen LogP contribution in [0.4, 0.5) is 0 Å². The van der Waals surface area contributed by atoms with Crippen LogP contribution in [0, 0.1) is 22.7 Å². The van der Waals surface area contributed by atoms with Crippen molar-refractivity contribution >= 4 is 34.5 Å². The van der Waals surface area contributed by atoms with Gasteiger partial charge in [0.1, 0.15) is 17.6 Å². The van der Waals surface area contributed by atoms with Gasteiger partial charge in [-0.3, -0.25) is 19.2 Å². The number of aliphatic hydroxyl groups is 1. The number of amides is 2. The highest BCUT2D eigenvalue weighted by Crippen LogP contribution is 2.56. The van der Waals surface area contributed by atoms with Crippen LogP contribution in [0.25, 0.3) is 22.2 Å². The number of carboxylic acid groups (broad SMARTS) is 1. The van der Waals surface area contributed by atoms with Gasteiger partial charge in [-0.15, -0.1) is 6.58 Å². The van der Waals surface area contributed by atoms with Gasteiger partial charge in [-0.25, -0.2) is 4.98 Å². The summed E-state index contributed by atoms with van der Waals surface area (Å²) < 4.78 is 12.2. The number of carbonyl (C=O) groups is 4. The lowest BCUT2D eigenvalue weighted by Crippen LogP contribution is -2.46. The van der Waals surface area contributed by atoms with Crippen molar-refractivity contribution in [3.05, 3.63) is 103 Å². The normalized spacial score (nSPS) is 21.7. The lowest BCUT2D eigenvalue weighted by Gasteiger charge is -2.33. The maximum absolute atomic E-state index is 14.4. The predicted molar refractivity (Wildman–Crippen MR) is 208 cm³/mol. The van der Waals surface area contributed by atoms with Gasteiger partial charge in [-0.2, -0.15) is 0 Å². The average molecular weight is 748 g/mol. The topological polar surface area (TPSA) is 155 Å². The van der Waals surface area contributed by atoms with Crippen molar-refractivity contribution in [1.82, 2.24) is 15.2 Å². The number of ketones is 1. The first-order chi connectivity index (χ1) is 26.3. The minimum Gasteiger partial charge on any atom is -0.497 e. The van der Waals surface area contributed by atoms with Crippen LogP contribution >= 0.6 is 0 Å². The molecule has 2 fully saturated rings. The maximum atomic E-state index is 14.4. The van der Waals surface area contributed by atoms with Gasteiger partial charge in [0.05, 0.1) is 54.9 Å². The van der Waals surface area contributed by atoms with Gasteiger partial charge in [-0.1, -0.05) is 87.5 Å². The van der Waals surface area contributed by atoms with Crippen molar-refractivity contribution in [2.75, 3.05) is 20.3 Å². The molecule has 6 atom stereocenters. The summed E-state index contributed by atoms with van der Waals surface area (Å²) in [4.78, 5) is 61.3. The third-order valence-electron chi connectivity index (χ3n) is 11.1. The third-order valence-corrected chi connectivity index (χ3v) is 11.1. The third kappa shape index (κ3) is 8.42. The molecule has 1 saturated heterocycles. The number of Topliss-reactive ketones (excluding diaryl/α,β-unsaturated/α-hetero) is 1. The second-order valence-electron chi connectivity index (χ2n) is 15.7. The number of hydrogen-bond donors (Lipinski definition) is 3. The summed E-state index contributed by atoms with van der Waals surface area (Å²) in [5.41, 5.74) is 0.966. The Morgan fingerprint density at radius 3 is 2.33 bits per heavy atom. The van der Waals surface area contributed by atoms with E-state index in [4.69, 9.17) is 14.5 Å². The largest absolute Gasteiger partial charge is 0.497 e. The number of fused-ring (bicyclic) bond motifs is 1. The van der Waals surface area contributed by atoms with Crippen LogP contribution in [0.1, 0.15) is 58.1 Å². The minimum atomic E-state index is -1.26. The van der Waals surface area contributed by atoms with E-state index < -0.39 is 52.7 Å². The molecule has 1 aliphatic heterocycles. The van der Waals surface area contributed by atoms with E-state index >= 15 is 0 Å². The highest BCUT2D eigenvalue weighted by atomic mass is 16.5. The first kappa shape index (κ1) is 39.2. The number of benzene rings is 3. The van der Waals surface area contributed by atoms with Crippen LogP contribution in [0.3, 0.4) is 0 Å². The monoisotopic (exact) mass is 747 g/mol. The number of methoxy groups -OCH3 is 1. The molecule has 0 bridgehead atoms. The number of carbonyl (C=O) groups excluding carboxylic acids is 3. The Balaban J connectivity index is 1.30. The molecule has 4 aromatic rings. The van der Waals surface area contributed by atoms with Crippen molar-refractivity contribution in [1.29, 1.82) is 0 Å². The number of ether oxygens (including phenoxy) is 2. The molecule has 2 heterocycles. The Morgan fingerprint density at radius 2 is 1.73 bits per heavy atom. The Morgan fingerprint density at radius 1 is 1.04 bits per heavy atom. The van der Waals surface area contributed by atoms with E-state index in [0.717, 1.165) is 11.1 Å². The molecule has 3 aromatic carbocycles. The lowest BCUT2D eigenvalue weighted by molar-refractivity contribution is -0.147. The summed E-state index contributed by atoms with van der Waals surface area (Å²) in [5, 5.41) is 23.9. The smallest absolute Gasteiger partial charge is 0.310 e. The van der Waals surface area contributed by atoms with Gasteiger partial charge in [0.2, 0.25) is 11.8 Å². The first-order valence-corrected chi connectivity index (χ1v) is 18.6. The number of aromatic nitrogens is 1. The number of aliphatic carboxylic acids is 1. The second kappa shape index (κ2) is 16.0. The molecule has 55 heavy (non-hydrogen) atoms. The van der Waals surface area contributed by atoms with Gasteiger partial charge >= 0.3 is 5.97 Å². The Kier molecular flexibility index (Phi) is 11.4. The van der Waals surface area contributed by atoms with Gasteiger partial charge in [-0.05, 0) is 35.4 Å². The zero-order valence-electron chi connectivity index (χ0n) is 31.7. The molecule has 1 aliphatic carbocycles. The predicted octanol–water partition coefficient (Wildman–Crippen LogP) is 6.40. The highest BCUT2D eigenvalue weighted by molar-refractivity contribution is 5.95. The lowest BCUT2D eigenvalue weighted by atomic mass is 9.77. The minimum absolute atomic E-state index is 0.0442. The molecule has 0 spiro atoms. The van der Waals surface area contributed by atoms with E-state index in [9.17, 15) is 29.4 Å². The molecular formula is C44H49N3O8. The number of allylic oxidation sites excluding steroid dienone is 1. The summed E-state index contributed by atoms with van der Waals surface area (Å²) in [6, 6.07) is 24.4. The molecule has 288 valence electrons. The summed E-state index contributed by atoms with van der Waals surface area (Å²) in [7, 11) is 1.58. The molecule has 0 radical (unpaired) electrons. The zero-order chi connectivity index (χ0) is 39.5. The van der Waals surface area contributed by atoms with Gasteiger partial charge < -0.3 is 29.9 Å². The summed E-state index contributed by atoms with van der Waals surface area (Å²) >= 11 is 0. The Bertz CT molecular complexity index is 2060. The molecular weight excluding hydrogens is 698 g/mol. The Hall–Kier alpha value is -5.55. The highest BCUT2D eigenvalue weighted by Gasteiger charge is 2.61. The number of pyridine rings is 1. The van der Waals surface area contributed by atoms with E-state index in [2.05, 4.69) is 11.9 Å². The van der Waals surface area contributed by atoms with Crippen LogP contribution in [-0.2, 0) is 19.2 Å². The number of hydrogen-bond acceptors (Lipinski definition) is 8. The van der Waals surface area contributed by atoms with E-state index in [1.807, 2.05) is 106 Å². The van der Waals surface area contributed by atoms with Gasteiger partial charge in [0.15, 0.2) is 5.78 Å². The molecule has 11 nitrogen and oxygen atoms in total. The molecule has 1 saturated carbocycles. The van der Waals surface area contributed by atoms with E-state index in [-0.39, 0.29) is 44.1 Å². The number of likely N-dealkylation sites (tertiary alicyclic amines) is 1. The standard InChI is InChI=1S/C44H49N3O8/c1-6-29-23-44(29,42(52)53)24-38(49)37-20-31(55-39-22-34(27-13-9-7-10-14-27)45-35-19-30(54-5)17-18-32(35)39)25-47(37)40(50)21-33(43(2,3)4)41(51)46-36(26-48)28-15-11-8-12-16-28/h6-19,22,29,31,33,36-37,48H,1,20-21,23-26H2,2-5H3,(H,46,51)(H,52,53)/t29-,31-,33-,36-,37+,44-/m1/s1. The fourth-order valence-electron chi connectivity index (χ4n) is 7.67. The van der Waals surface area contributed by atoms with E-state index in [1.54, 1.807) is 13.2 Å². The van der Waals surface area contributed by atoms with Crippen LogP contribution in [0.5, 0.6) is 11.5 Å². The van der Waals surface area contributed by atoms with Crippen molar-refractivity contribution < 1.29 is 38.9 Å². The summed E-state index contributed by atoms with van der Waals surface area (Å²) in [6.45, 7) is 9.08. The van der Waals surface area contributed by atoms with E-state index in [1.165, 1.54) is 4.90 Å². The molecule has 6 rings (SSSR count). The van der Waals surface area contributed by atoms with E-state index in [0.29, 0.717) is 34.5 Å². The van der Waals surface area contributed by atoms with Crippen LogP contribution in [-0.4, -0.2) is 76.1 Å². The SMILES string of the molecule is C=C[C@@H]1C[C@]1(CC(=O)[C@@H]1C[C@@H](Oc2cc(-c3ccccc3)nc3cc(OC)ccc23)CN1C(=O)C[C@H](C(=O)N[C@H](CO)c1ccccc1)C(C)(C)C)C(=O)O. The second-order valence-corrected chi connectivity index (χ2v) is 15.7. The van der Waals surface area contributed by atoms with Gasteiger partial charge in [0.25, 0.3) is 0 Å². The number of rotatable bonds is 15. The van der Waals surface area contributed by atoms with Crippen molar-refractivity contribution in [2.45, 2.75) is 64.6 Å². The quantitative estimate of drug-likeness (QED) is 0.117. The van der Waals surface area contributed by atoms with Crippen LogP contribution in [0.2, 0.25) is 0 Å². The Labute approximate surface area is 321 Å². The first-order valence-electron chi connectivity index (χ1n) is 18.6.